The number of benzene rings is 4. The molecule has 0 radical (unpaired) electrons. The van der Waals surface area contributed by atoms with Crippen molar-refractivity contribution in [2.24, 2.45) is 0 Å². The van der Waals surface area contributed by atoms with Crippen molar-refractivity contribution >= 4 is 11.9 Å². The van der Waals surface area contributed by atoms with Crippen LogP contribution >= 0.6 is 0 Å². The second-order valence-corrected chi connectivity index (χ2v) is 10.6. The van der Waals surface area contributed by atoms with E-state index in [9.17, 15) is 9.59 Å². The Balaban J connectivity index is 0.000000261. The number of rotatable bonds is 10. The molecule has 0 aromatic heterocycles. The zero-order valence-electron chi connectivity index (χ0n) is 26.0. The maximum absolute atomic E-state index is 11.5. The number of hydrogen-bond acceptors (Lipinski definition) is 8. The minimum absolute atomic E-state index is 0.318. The molecule has 0 fully saturated rings. The largest absolute Gasteiger partial charge is 0.386 e. The molecular weight excluding hydrogens is 560 g/mol. The van der Waals surface area contributed by atoms with E-state index in [0.717, 1.165) is 24.0 Å². The minimum Gasteiger partial charge on any atom is -0.252 e. The van der Waals surface area contributed by atoms with Gasteiger partial charge in [0, 0.05) is 0 Å². The van der Waals surface area contributed by atoms with Crippen molar-refractivity contribution in [1.29, 1.82) is 0 Å². The number of carbonyl (C=O) groups excluding carboxylic acids is 2. The van der Waals surface area contributed by atoms with Crippen LogP contribution in [0.2, 0.25) is 0 Å². The van der Waals surface area contributed by atoms with Gasteiger partial charge in [-0.25, -0.2) is 34.0 Å². The molecule has 0 spiro atoms. The van der Waals surface area contributed by atoms with Gasteiger partial charge in [0.2, 0.25) is 0 Å². The molecule has 0 aliphatic rings. The molecule has 0 unspecified atom stereocenters. The van der Waals surface area contributed by atoms with Gasteiger partial charge in [0.1, 0.15) is 11.2 Å². The monoisotopic (exact) mass is 602 g/mol. The Morgan fingerprint density at radius 1 is 0.568 bits per heavy atom. The zero-order chi connectivity index (χ0) is 32.3. The lowest BCUT2D eigenvalue weighted by Gasteiger charge is -2.31. The Hall–Kier alpha value is -4.34. The van der Waals surface area contributed by atoms with Crippen LogP contribution in [0.1, 0.15) is 79.3 Å². The second-order valence-electron chi connectivity index (χ2n) is 10.6. The minimum atomic E-state index is -0.708. The van der Waals surface area contributed by atoms with E-state index in [0.29, 0.717) is 17.7 Å². The van der Waals surface area contributed by atoms with Crippen molar-refractivity contribution in [1.82, 2.24) is 0 Å². The zero-order valence-corrected chi connectivity index (χ0v) is 26.0. The molecule has 0 saturated heterocycles. The van der Waals surface area contributed by atoms with E-state index in [-0.39, 0.29) is 0 Å². The summed E-state index contributed by atoms with van der Waals surface area (Å²) in [5.41, 5.74) is 1.82. The Labute approximate surface area is 259 Å². The number of unbranched alkanes of at least 4 members (excludes halogenated alkanes) is 1. The van der Waals surface area contributed by atoms with Crippen LogP contribution in [-0.2, 0) is 35.6 Å². The molecule has 0 aliphatic heterocycles. The average molecular weight is 603 g/mol. The van der Waals surface area contributed by atoms with Crippen LogP contribution in [0.15, 0.2) is 121 Å². The van der Waals surface area contributed by atoms with Crippen molar-refractivity contribution in [3.8, 4) is 0 Å². The molecule has 44 heavy (non-hydrogen) atoms. The maximum Gasteiger partial charge on any atom is 0.386 e. The predicted molar refractivity (Wildman–Crippen MR) is 168 cm³/mol. The van der Waals surface area contributed by atoms with E-state index in [2.05, 4.69) is 14.7 Å². The maximum atomic E-state index is 11.5. The first-order chi connectivity index (χ1) is 21.1. The van der Waals surface area contributed by atoms with Crippen LogP contribution in [0, 0.1) is 0 Å². The van der Waals surface area contributed by atoms with Gasteiger partial charge in [-0.1, -0.05) is 110 Å². The van der Waals surface area contributed by atoms with E-state index in [1.165, 1.54) is 0 Å². The van der Waals surface area contributed by atoms with Gasteiger partial charge in [0.25, 0.3) is 0 Å². The third-order valence-corrected chi connectivity index (χ3v) is 6.20. The highest BCUT2D eigenvalue weighted by Crippen LogP contribution is 2.31. The van der Waals surface area contributed by atoms with Crippen molar-refractivity contribution in [3.05, 3.63) is 144 Å². The van der Waals surface area contributed by atoms with Crippen LogP contribution in [0.3, 0.4) is 0 Å². The summed E-state index contributed by atoms with van der Waals surface area (Å²) in [6, 6.07) is 36.7. The highest BCUT2D eigenvalue weighted by Gasteiger charge is 2.29. The van der Waals surface area contributed by atoms with Gasteiger partial charge in [-0.3, -0.25) is 5.26 Å². The summed E-state index contributed by atoms with van der Waals surface area (Å²) in [6.07, 6.45) is 2.01. The molecule has 8 heteroatoms. The van der Waals surface area contributed by atoms with Crippen molar-refractivity contribution in [3.63, 3.8) is 0 Å². The Morgan fingerprint density at radius 3 is 1.16 bits per heavy atom. The molecule has 1 N–H and O–H groups in total. The molecule has 4 aromatic carbocycles. The summed E-state index contributed by atoms with van der Waals surface area (Å²) in [6.45, 7) is 10.5. The topological polar surface area (TPSA) is 101 Å². The normalized spacial score (nSPS) is 10.8. The summed E-state index contributed by atoms with van der Waals surface area (Å²) in [5, 5.41) is 7.70. The van der Waals surface area contributed by atoms with Gasteiger partial charge >= 0.3 is 11.9 Å². The summed E-state index contributed by atoms with van der Waals surface area (Å²) >= 11 is 0. The predicted octanol–water partition coefficient (Wildman–Crippen LogP) is 8.70. The van der Waals surface area contributed by atoms with E-state index < -0.39 is 23.1 Å². The number of carbonyl (C=O) groups is 2. The molecule has 0 bridgehead atoms. The SMILES string of the molecule is CC(C)(OOC(C)(C)c1ccccc1)c1ccccc1.CCCCOO.O=C(OOC(=O)c1ccccc1)c1ccccc1. The molecule has 8 nitrogen and oxygen atoms in total. The van der Waals surface area contributed by atoms with Crippen LogP contribution in [-0.4, -0.2) is 23.8 Å². The summed E-state index contributed by atoms with van der Waals surface area (Å²) in [7, 11) is 0. The van der Waals surface area contributed by atoms with E-state index >= 15 is 0 Å². The first-order valence-electron chi connectivity index (χ1n) is 14.4. The lowest BCUT2D eigenvalue weighted by atomic mass is 9.98. The average Bonchev–Trinajstić information content (AvgIpc) is 3.07. The molecule has 0 saturated carbocycles. The summed E-state index contributed by atoms with van der Waals surface area (Å²) in [4.78, 5) is 47.1. The van der Waals surface area contributed by atoms with Crippen molar-refractivity contribution in [2.45, 2.75) is 58.7 Å². The summed E-state index contributed by atoms with van der Waals surface area (Å²) < 4.78 is 0. The quantitative estimate of drug-likeness (QED) is 0.109. The molecule has 0 heterocycles. The van der Waals surface area contributed by atoms with Gasteiger partial charge in [-0.05, 0) is 69.5 Å². The van der Waals surface area contributed by atoms with Crippen molar-refractivity contribution < 1.29 is 39.3 Å². The Bertz CT molecular complexity index is 1240. The first-order valence-corrected chi connectivity index (χ1v) is 14.4. The Kier molecular flexibility index (Phi) is 15.5. The first kappa shape index (κ1) is 35.9. The third-order valence-electron chi connectivity index (χ3n) is 6.20. The smallest absolute Gasteiger partial charge is 0.252 e. The second kappa shape index (κ2) is 19.0. The molecule has 0 aliphatic carbocycles. The Morgan fingerprint density at radius 2 is 0.886 bits per heavy atom. The molecule has 0 amide bonds. The lowest BCUT2D eigenvalue weighted by Crippen LogP contribution is -2.29. The number of hydrogen-bond donors (Lipinski definition) is 1. The lowest BCUT2D eigenvalue weighted by molar-refractivity contribution is -0.410. The van der Waals surface area contributed by atoms with E-state index in [4.69, 9.17) is 15.0 Å². The van der Waals surface area contributed by atoms with Crippen LogP contribution in [0.4, 0.5) is 0 Å². The fraction of sp³-hybridized carbons (Fsp3) is 0.278. The highest BCUT2D eigenvalue weighted by atomic mass is 17.2. The standard InChI is InChI=1S/C18H22O2.C14H10O4.C4H10O2/c1-17(2,15-11-7-5-8-12-15)19-20-18(3,4)16-13-9-6-10-14-16;15-13(11-7-3-1-4-8-11)17-18-14(16)12-9-5-2-6-10-12;1-2-3-4-6-5/h5-14H,1-4H3;1-10H;5H,2-4H2,1H3. The molecule has 4 aromatic rings. The van der Waals surface area contributed by atoms with Gasteiger partial charge in [-0.15, -0.1) is 0 Å². The van der Waals surface area contributed by atoms with E-state index in [1.54, 1.807) is 60.7 Å². The fourth-order valence-corrected chi connectivity index (χ4v) is 3.51. The fourth-order valence-electron chi connectivity index (χ4n) is 3.51. The van der Waals surface area contributed by atoms with Gasteiger partial charge in [0.15, 0.2) is 0 Å². The van der Waals surface area contributed by atoms with Crippen molar-refractivity contribution in [2.75, 3.05) is 6.61 Å². The van der Waals surface area contributed by atoms with Gasteiger partial charge in [0.05, 0.1) is 17.7 Å². The van der Waals surface area contributed by atoms with Crippen LogP contribution in [0.25, 0.3) is 0 Å². The molecule has 0 atom stereocenters. The summed E-state index contributed by atoms with van der Waals surface area (Å²) in [5.74, 6) is -1.42. The van der Waals surface area contributed by atoms with Crippen LogP contribution < -0.4 is 0 Å². The van der Waals surface area contributed by atoms with Crippen LogP contribution in [0.5, 0.6) is 0 Å². The molecular formula is C36H42O8. The molecule has 234 valence electrons. The third kappa shape index (κ3) is 12.9. The van der Waals surface area contributed by atoms with E-state index in [1.807, 2.05) is 95.3 Å². The van der Waals surface area contributed by atoms with Gasteiger partial charge in [-0.2, -0.15) is 0 Å². The molecule has 4 rings (SSSR count). The van der Waals surface area contributed by atoms with Gasteiger partial charge < -0.3 is 0 Å². The highest BCUT2D eigenvalue weighted by molar-refractivity contribution is 5.92.